The zero-order valence-corrected chi connectivity index (χ0v) is 7.92. The van der Waals surface area contributed by atoms with Crippen molar-refractivity contribution in [3.8, 4) is 0 Å². The van der Waals surface area contributed by atoms with Gasteiger partial charge < -0.3 is 10.4 Å². The minimum Gasteiger partial charge on any atom is -0.395 e. The maximum absolute atomic E-state index is 9.11. The molecule has 1 aliphatic rings. The van der Waals surface area contributed by atoms with E-state index in [1.807, 2.05) is 0 Å². The van der Waals surface area contributed by atoms with E-state index in [4.69, 9.17) is 5.11 Å². The summed E-state index contributed by atoms with van der Waals surface area (Å²) in [7, 11) is 0. The summed E-state index contributed by atoms with van der Waals surface area (Å²) in [6.07, 6.45) is 2.26. The van der Waals surface area contributed by atoms with Crippen molar-refractivity contribution in [1.29, 1.82) is 0 Å². The van der Waals surface area contributed by atoms with Crippen LogP contribution in [-0.4, -0.2) is 48.8 Å². The first-order chi connectivity index (χ1) is 5.88. The van der Waals surface area contributed by atoms with Gasteiger partial charge in [-0.05, 0) is 25.9 Å². The van der Waals surface area contributed by atoms with Gasteiger partial charge in [0.25, 0.3) is 0 Å². The molecule has 72 valence electrons. The van der Waals surface area contributed by atoms with Crippen LogP contribution in [0.5, 0.6) is 0 Å². The molecule has 1 rings (SSSR count). The predicted octanol–water partition coefficient (Wildman–Crippen LogP) is 0.0526. The Morgan fingerprint density at radius 1 is 1.42 bits per heavy atom. The second kappa shape index (κ2) is 5.51. The highest BCUT2D eigenvalue weighted by Crippen LogP contribution is 2.05. The number of rotatable bonds is 3. The number of aliphatic hydroxyl groups is 1. The monoisotopic (exact) mass is 172 g/mol. The number of nitrogens with one attached hydrogen (secondary N) is 1. The summed E-state index contributed by atoms with van der Waals surface area (Å²) in [5.74, 6) is 0. The standard InChI is InChI=1S/C9H20N2O/c1-2-9(8-12)11-6-3-4-10-5-7-11/h9-10,12H,2-8H2,1H3. The smallest absolute Gasteiger partial charge is 0.0586 e. The zero-order chi connectivity index (χ0) is 8.81. The van der Waals surface area contributed by atoms with Gasteiger partial charge in [-0.2, -0.15) is 0 Å². The van der Waals surface area contributed by atoms with Crippen molar-refractivity contribution in [1.82, 2.24) is 10.2 Å². The Morgan fingerprint density at radius 3 is 2.92 bits per heavy atom. The first-order valence-electron chi connectivity index (χ1n) is 4.94. The molecule has 0 amide bonds. The Balaban J connectivity index is 2.35. The zero-order valence-electron chi connectivity index (χ0n) is 7.92. The first kappa shape index (κ1) is 9.96. The molecule has 1 atom stereocenters. The van der Waals surface area contributed by atoms with E-state index in [-0.39, 0.29) is 0 Å². The molecule has 0 aromatic rings. The van der Waals surface area contributed by atoms with Gasteiger partial charge in [0, 0.05) is 19.1 Å². The van der Waals surface area contributed by atoms with Crippen LogP contribution >= 0.6 is 0 Å². The molecule has 1 unspecified atom stereocenters. The Morgan fingerprint density at radius 2 is 2.25 bits per heavy atom. The van der Waals surface area contributed by atoms with E-state index in [0.717, 1.165) is 32.6 Å². The van der Waals surface area contributed by atoms with E-state index < -0.39 is 0 Å². The normalized spacial score (nSPS) is 23.5. The largest absolute Gasteiger partial charge is 0.395 e. The van der Waals surface area contributed by atoms with Crippen LogP contribution in [0.4, 0.5) is 0 Å². The van der Waals surface area contributed by atoms with Crippen molar-refractivity contribution < 1.29 is 5.11 Å². The SMILES string of the molecule is CCC(CO)N1CCCNCC1. The van der Waals surface area contributed by atoms with E-state index in [9.17, 15) is 0 Å². The van der Waals surface area contributed by atoms with E-state index in [1.165, 1.54) is 6.42 Å². The molecule has 0 saturated carbocycles. The highest BCUT2D eigenvalue weighted by molar-refractivity contribution is 4.73. The van der Waals surface area contributed by atoms with Gasteiger partial charge in [-0.15, -0.1) is 0 Å². The fourth-order valence-electron chi connectivity index (χ4n) is 1.73. The lowest BCUT2D eigenvalue weighted by molar-refractivity contribution is 0.126. The van der Waals surface area contributed by atoms with Gasteiger partial charge in [0.1, 0.15) is 0 Å². The molecular weight excluding hydrogens is 152 g/mol. The maximum Gasteiger partial charge on any atom is 0.0586 e. The van der Waals surface area contributed by atoms with Crippen LogP contribution in [0, 0.1) is 0 Å². The minimum absolute atomic E-state index is 0.302. The van der Waals surface area contributed by atoms with Gasteiger partial charge in [0.05, 0.1) is 6.61 Å². The van der Waals surface area contributed by atoms with Gasteiger partial charge in [-0.1, -0.05) is 6.92 Å². The van der Waals surface area contributed by atoms with Crippen LogP contribution in [-0.2, 0) is 0 Å². The van der Waals surface area contributed by atoms with Crippen LogP contribution in [0.2, 0.25) is 0 Å². The van der Waals surface area contributed by atoms with Crippen molar-refractivity contribution in [2.45, 2.75) is 25.8 Å². The Bertz CT molecular complexity index is 107. The molecule has 0 aromatic heterocycles. The quantitative estimate of drug-likeness (QED) is 0.631. The van der Waals surface area contributed by atoms with Gasteiger partial charge >= 0.3 is 0 Å². The molecule has 1 saturated heterocycles. The Hall–Kier alpha value is -0.120. The third kappa shape index (κ3) is 2.73. The number of aliphatic hydroxyl groups excluding tert-OH is 1. The third-order valence-electron chi connectivity index (χ3n) is 2.57. The molecule has 3 nitrogen and oxygen atoms in total. The fourth-order valence-corrected chi connectivity index (χ4v) is 1.73. The van der Waals surface area contributed by atoms with Crippen molar-refractivity contribution in [2.24, 2.45) is 0 Å². The molecule has 1 aliphatic heterocycles. The van der Waals surface area contributed by atoms with Crippen molar-refractivity contribution in [3.05, 3.63) is 0 Å². The lowest BCUT2D eigenvalue weighted by Crippen LogP contribution is -2.39. The summed E-state index contributed by atoms with van der Waals surface area (Å²) in [5, 5.41) is 12.5. The number of hydrogen-bond donors (Lipinski definition) is 2. The molecule has 1 fully saturated rings. The van der Waals surface area contributed by atoms with Crippen molar-refractivity contribution >= 4 is 0 Å². The maximum atomic E-state index is 9.11. The van der Waals surface area contributed by atoms with Gasteiger partial charge in [-0.25, -0.2) is 0 Å². The van der Waals surface area contributed by atoms with Crippen LogP contribution in [0.25, 0.3) is 0 Å². The molecule has 0 bridgehead atoms. The summed E-state index contributed by atoms with van der Waals surface area (Å²) < 4.78 is 0. The average Bonchev–Trinajstić information content (AvgIpc) is 2.35. The van der Waals surface area contributed by atoms with E-state index >= 15 is 0 Å². The van der Waals surface area contributed by atoms with Gasteiger partial charge in [0.15, 0.2) is 0 Å². The van der Waals surface area contributed by atoms with E-state index in [0.29, 0.717) is 12.6 Å². The summed E-state index contributed by atoms with van der Waals surface area (Å²) in [4.78, 5) is 2.39. The highest BCUT2D eigenvalue weighted by atomic mass is 16.3. The molecule has 0 aliphatic carbocycles. The summed E-state index contributed by atoms with van der Waals surface area (Å²) in [6, 6.07) is 0.380. The number of nitrogens with zero attached hydrogens (tertiary/aromatic N) is 1. The van der Waals surface area contributed by atoms with Crippen molar-refractivity contribution in [3.63, 3.8) is 0 Å². The van der Waals surface area contributed by atoms with Crippen molar-refractivity contribution in [2.75, 3.05) is 32.8 Å². The molecule has 0 spiro atoms. The second-order valence-electron chi connectivity index (χ2n) is 3.38. The van der Waals surface area contributed by atoms with Crippen LogP contribution in [0.3, 0.4) is 0 Å². The molecule has 1 heterocycles. The summed E-state index contributed by atoms with van der Waals surface area (Å²) in [5.41, 5.74) is 0. The first-order valence-corrected chi connectivity index (χ1v) is 4.94. The van der Waals surface area contributed by atoms with Gasteiger partial charge in [0.2, 0.25) is 0 Å². The minimum atomic E-state index is 0.302. The number of hydrogen-bond acceptors (Lipinski definition) is 3. The van der Waals surface area contributed by atoms with Gasteiger partial charge in [-0.3, -0.25) is 4.90 Å². The summed E-state index contributed by atoms with van der Waals surface area (Å²) in [6.45, 7) is 6.84. The molecular formula is C9H20N2O. The molecule has 2 N–H and O–H groups in total. The predicted molar refractivity (Wildman–Crippen MR) is 50.2 cm³/mol. The summed E-state index contributed by atoms with van der Waals surface area (Å²) >= 11 is 0. The highest BCUT2D eigenvalue weighted by Gasteiger charge is 2.16. The molecule has 12 heavy (non-hydrogen) atoms. The lowest BCUT2D eigenvalue weighted by atomic mass is 10.2. The second-order valence-corrected chi connectivity index (χ2v) is 3.38. The van der Waals surface area contributed by atoms with Crippen LogP contribution in [0.1, 0.15) is 19.8 Å². The molecule has 3 heteroatoms. The third-order valence-corrected chi connectivity index (χ3v) is 2.57. The fraction of sp³-hybridized carbons (Fsp3) is 1.00. The Kier molecular flexibility index (Phi) is 4.58. The van der Waals surface area contributed by atoms with E-state index in [1.54, 1.807) is 0 Å². The average molecular weight is 172 g/mol. The Labute approximate surface area is 74.8 Å². The lowest BCUT2D eigenvalue weighted by Gasteiger charge is -2.27. The molecule has 0 aromatic carbocycles. The van der Waals surface area contributed by atoms with E-state index in [2.05, 4.69) is 17.1 Å². The molecule has 0 radical (unpaired) electrons. The topological polar surface area (TPSA) is 35.5 Å². The van der Waals surface area contributed by atoms with Crippen LogP contribution < -0.4 is 5.32 Å². The van der Waals surface area contributed by atoms with Crippen LogP contribution in [0.15, 0.2) is 0 Å².